The van der Waals surface area contributed by atoms with Gasteiger partial charge in [-0.1, -0.05) is 60.7 Å². The SMILES string of the molecule is OCCOc1c2nc(c(-c3ccccc3)c3ccc(cc4nc(c(-c5ccccc5)c5ccc1[nH]5)C=C4)[nH]3)C=C2. The predicted molar refractivity (Wildman–Crippen MR) is 162 cm³/mol. The maximum Gasteiger partial charge on any atom is 0.168 e. The minimum absolute atomic E-state index is 0.102. The molecule has 0 atom stereocenters. The second-order valence-electron chi connectivity index (χ2n) is 9.61. The Morgan fingerprint density at radius 1 is 0.600 bits per heavy atom. The molecular weight excluding hydrogens is 496 g/mol. The molecule has 194 valence electrons. The molecule has 0 saturated heterocycles. The van der Waals surface area contributed by atoms with Crippen molar-refractivity contribution in [3.63, 3.8) is 0 Å². The molecule has 5 heterocycles. The van der Waals surface area contributed by atoms with Crippen LogP contribution in [-0.2, 0) is 0 Å². The Labute approximate surface area is 231 Å². The van der Waals surface area contributed by atoms with Crippen molar-refractivity contribution in [1.29, 1.82) is 0 Å². The van der Waals surface area contributed by atoms with E-state index < -0.39 is 0 Å². The monoisotopic (exact) mass is 522 g/mol. The van der Waals surface area contributed by atoms with E-state index in [0.717, 1.165) is 61.4 Å². The van der Waals surface area contributed by atoms with E-state index in [0.29, 0.717) is 11.4 Å². The van der Waals surface area contributed by atoms with Crippen molar-refractivity contribution in [2.75, 3.05) is 13.2 Å². The maximum atomic E-state index is 9.58. The molecule has 6 nitrogen and oxygen atoms in total. The number of aromatic nitrogens is 4. The van der Waals surface area contributed by atoms with Gasteiger partial charge in [-0.3, -0.25) is 0 Å². The molecule has 0 radical (unpaired) electrons. The van der Waals surface area contributed by atoms with Gasteiger partial charge in [-0.2, -0.15) is 0 Å². The zero-order valence-corrected chi connectivity index (χ0v) is 21.6. The largest absolute Gasteiger partial charge is 0.487 e. The molecule has 6 heteroatoms. The number of hydrogen-bond donors (Lipinski definition) is 3. The van der Waals surface area contributed by atoms with E-state index in [9.17, 15) is 5.11 Å². The van der Waals surface area contributed by atoms with Crippen LogP contribution < -0.4 is 4.74 Å². The van der Waals surface area contributed by atoms with Crippen LogP contribution in [0.1, 0.15) is 22.8 Å². The van der Waals surface area contributed by atoms with Gasteiger partial charge in [0, 0.05) is 27.7 Å². The summed E-state index contributed by atoms with van der Waals surface area (Å²) in [7, 11) is 0. The molecule has 2 aliphatic rings. The third-order valence-corrected chi connectivity index (χ3v) is 6.99. The molecule has 5 aromatic rings. The average Bonchev–Trinajstić information content (AvgIpc) is 3.81. The first kappa shape index (κ1) is 23.9. The van der Waals surface area contributed by atoms with Gasteiger partial charge in [-0.15, -0.1) is 0 Å². The number of aliphatic hydroxyl groups is 1. The van der Waals surface area contributed by atoms with Crippen LogP contribution in [0, 0.1) is 0 Å². The highest BCUT2D eigenvalue weighted by Crippen LogP contribution is 2.35. The average molecular weight is 523 g/mol. The van der Waals surface area contributed by atoms with Gasteiger partial charge < -0.3 is 19.8 Å². The van der Waals surface area contributed by atoms with Crippen molar-refractivity contribution in [1.82, 2.24) is 19.9 Å². The molecule has 2 aromatic carbocycles. The number of rotatable bonds is 5. The molecule has 0 saturated carbocycles. The lowest BCUT2D eigenvalue weighted by molar-refractivity contribution is 0.202. The van der Waals surface area contributed by atoms with Crippen molar-refractivity contribution in [2.24, 2.45) is 0 Å². The summed E-state index contributed by atoms with van der Waals surface area (Å²) in [6, 6.07) is 30.7. The summed E-state index contributed by atoms with van der Waals surface area (Å²) >= 11 is 0. The molecule has 0 amide bonds. The number of ether oxygens (including phenoxy) is 1. The van der Waals surface area contributed by atoms with E-state index in [1.807, 2.05) is 66.8 Å². The van der Waals surface area contributed by atoms with Crippen LogP contribution in [0.4, 0.5) is 0 Å². The summed E-state index contributed by atoms with van der Waals surface area (Å²) in [5.74, 6) is 0.579. The molecular formula is C34H26N4O2. The van der Waals surface area contributed by atoms with E-state index in [1.54, 1.807) is 0 Å². The van der Waals surface area contributed by atoms with E-state index >= 15 is 0 Å². The zero-order chi connectivity index (χ0) is 26.9. The Morgan fingerprint density at radius 3 is 1.93 bits per heavy atom. The summed E-state index contributed by atoms with van der Waals surface area (Å²) in [6.45, 7) is 0.0510. The van der Waals surface area contributed by atoms with Crippen molar-refractivity contribution >= 4 is 46.4 Å². The van der Waals surface area contributed by atoms with Gasteiger partial charge in [0.05, 0.1) is 29.2 Å². The number of nitrogens with one attached hydrogen (secondary N) is 2. The van der Waals surface area contributed by atoms with Crippen LogP contribution in [0.5, 0.6) is 5.75 Å². The lowest BCUT2D eigenvalue weighted by atomic mass is 10.0. The van der Waals surface area contributed by atoms with Crippen molar-refractivity contribution < 1.29 is 9.84 Å². The van der Waals surface area contributed by atoms with Crippen LogP contribution >= 0.6 is 0 Å². The molecule has 0 fully saturated rings. The third kappa shape index (κ3) is 4.40. The molecule has 0 aliphatic carbocycles. The number of aliphatic hydroxyl groups excluding tert-OH is 1. The van der Waals surface area contributed by atoms with E-state index in [1.165, 1.54) is 0 Å². The number of hydrogen-bond acceptors (Lipinski definition) is 4. The summed E-state index contributed by atoms with van der Waals surface area (Å²) in [6.07, 6.45) is 8.06. The Balaban J connectivity index is 1.61. The highest BCUT2D eigenvalue weighted by molar-refractivity contribution is 5.94. The molecule has 3 N–H and O–H groups in total. The van der Waals surface area contributed by atoms with Crippen molar-refractivity contribution in [2.45, 2.75) is 0 Å². The summed E-state index contributed by atoms with van der Waals surface area (Å²) in [5.41, 5.74) is 10.9. The molecule has 2 aliphatic heterocycles. The van der Waals surface area contributed by atoms with Gasteiger partial charge in [-0.25, -0.2) is 9.97 Å². The second kappa shape index (κ2) is 10.2. The smallest absolute Gasteiger partial charge is 0.168 e. The Morgan fingerprint density at radius 2 is 1.20 bits per heavy atom. The third-order valence-electron chi connectivity index (χ3n) is 6.99. The Hall–Kier alpha value is -5.20. The number of benzene rings is 2. The fourth-order valence-corrected chi connectivity index (χ4v) is 5.23. The summed E-state index contributed by atoms with van der Waals surface area (Å²) < 4.78 is 6.10. The predicted octanol–water partition coefficient (Wildman–Crippen LogP) is 7.36. The first-order valence-electron chi connectivity index (χ1n) is 13.2. The molecule has 7 rings (SSSR count). The van der Waals surface area contributed by atoms with E-state index in [2.05, 4.69) is 58.5 Å². The fraction of sp³-hybridized carbons (Fsp3) is 0.0588. The Kier molecular flexibility index (Phi) is 6.07. The topological polar surface area (TPSA) is 86.8 Å². The minimum atomic E-state index is -0.102. The quantitative estimate of drug-likeness (QED) is 0.220. The summed E-state index contributed by atoms with van der Waals surface area (Å²) in [4.78, 5) is 17.2. The van der Waals surface area contributed by atoms with Crippen LogP contribution in [0.25, 0.3) is 68.6 Å². The number of fused-ring (bicyclic) bond motifs is 8. The van der Waals surface area contributed by atoms with Crippen LogP contribution in [0.3, 0.4) is 0 Å². The van der Waals surface area contributed by atoms with Crippen LogP contribution in [0.2, 0.25) is 0 Å². The standard InChI is InChI=1S/C34H26N4O2/c39-19-20-40-34-30-17-15-28(37-30)32(22-7-3-1-4-8-22)26-13-11-24(35-26)21-25-12-14-27(36-25)33(23-9-5-2-6-10-23)29-16-18-31(34)38-29/h1-18,21,35,38-39H,19-20H2. The van der Waals surface area contributed by atoms with Gasteiger partial charge in [0.2, 0.25) is 0 Å². The van der Waals surface area contributed by atoms with E-state index in [-0.39, 0.29) is 13.2 Å². The highest BCUT2D eigenvalue weighted by atomic mass is 16.5. The van der Waals surface area contributed by atoms with Crippen molar-refractivity contribution in [3.8, 4) is 28.0 Å². The van der Waals surface area contributed by atoms with Gasteiger partial charge in [0.25, 0.3) is 0 Å². The fourth-order valence-electron chi connectivity index (χ4n) is 5.23. The molecule has 8 bridgehead atoms. The number of aromatic amines is 2. The van der Waals surface area contributed by atoms with E-state index in [4.69, 9.17) is 14.7 Å². The van der Waals surface area contributed by atoms with Gasteiger partial charge in [-0.05, 0) is 65.8 Å². The maximum absolute atomic E-state index is 9.58. The number of nitrogens with zero attached hydrogens (tertiary/aromatic N) is 2. The second-order valence-corrected chi connectivity index (χ2v) is 9.61. The van der Waals surface area contributed by atoms with Crippen molar-refractivity contribution in [3.05, 3.63) is 114 Å². The van der Waals surface area contributed by atoms with Gasteiger partial charge in [0.15, 0.2) is 5.75 Å². The molecule has 0 spiro atoms. The molecule has 3 aromatic heterocycles. The first-order chi connectivity index (χ1) is 19.8. The van der Waals surface area contributed by atoms with Crippen LogP contribution in [-0.4, -0.2) is 38.3 Å². The lowest BCUT2D eigenvalue weighted by Crippen LogP contribution is -2.03. The summed E-state index contributed by atoms with van der Waals surface area (Å²) in [5, 5.41) is 9.58. The first-order valence-corrected chi connectivity index (χ1v) is 13.2. The minimum Gasteiger partial charge on any atom is -0.487 e. The number of H-pyrrole nitrogens is 2. The molecule has 40 heavy (non-hydrogen) atoms. The highest BCUT2D eigenvalue weighted by Gasteiger charge is 2.16. The normalized spacial score (nSPS) is 12.1. The Bertz CT molecular complexity index is 1900. The van der Waals surface area contributed by atoms with Gasteiger partial charge >= 0.3 is 0 Å². The molecule has 0 unspecified atom stereocenters. The van der Waals surface area contributed by atoms with Crippen LogP contribution in [0.15, 0.2) is 91.0 Å². The lowest BCUT2D eigenvalue weighted by Gasteiger charge is -2.06. The van der Waals surface area contributed by atoms with Gasteiger partial charge in [0.1, 0.15) is 12.3 Å². The zero-order valence-electron chi connectivity index (χ0n) is 21.6.